The van der Waals surface area contributed by atoms with E-state index in [1.54, 1.807) is 42.6 Å². The molecule has 1 amide bonds. The Kier molecular flexibility index (Phi) is 6.75. The van der Waals surface area contributed by atoms with Crippen LogP contribution in [0.4, 0.5) is 11.6 Å². The lowest BCUT2D eigenvalue weighted by atomic mass is 10.2. The summed E-state index contributed by atoms with van der Waals surface area (Å²) in [5.41, 5.74) is 4.05. The molecule has 0 bridgehead atoms. The van der Waals surface area contributed by atoms with Crippen molar-refractivity contribution in [3.05, 3.63) is 64.1 Å². The van der Waals surface area contributed by atoms with Crippen molar-refractivity contribution in [1.29, 1.82) is 0 Å². The van der Waals surface area contributed by atoms with Gasteiger partial charge in [0.1, 0.15) is 0 Å². The van der Waals surface area contributed by atoms with Gasteiger partial charge < -0.3 is 11.2 Å². The number of nitrogens with one attached hydrogen (secondary N) is 2. The average Bonchev–Trinajstić information content (AvgIpc) is 3.02. The van der Waals surface area contributed by atoms with Crippen LogP contribution < -0.4 is 16.6 Å². The number of hydrazone groups is 1. The predicted molar refractivity (Wildman–Crippen MR) is 114 cm³/mol. The first kappa shape index (κ1) is 20.0. The SMILES string of the molecule is Nn1c(N/N=C/c2cccc(Cl)c2)nnc1SCC(=O)Nc1ccccc1Cl. The summed E-state index contributed by atoms with van der Waals surface area (Å²) < 4.78 is 1.21. The highest BCUT2D eigenvalue weighted by Gasteiger charge is 2.12. The lowest BCUT2D eigenvalue weighted by Gasteiger charge is -2.06. The third-order valence-corrected chi connectivity index (χ3v) is 4.88. The van der Waals surface area contributed by atoms with Crippen LogP contribution in [0.5, 0.6) is 0 Å². The number of aromatic nitrogens is 3. The average molecular weight is 436 g/mol. The van der Waals surface area contributed by atoms with Crippen LogP contribution >= 0.6 is 35.0 Å². The van der Waals surface area contributed by atoms with Crippen LogP contribution in [0.2, 0.25) is 10.0 Å². The molecule has 11 heteroatoms. The van der Waals surface area contributed by atoms with E-state index in [9.17, 15) is 4.79 Å². The second-order valence-corrected chi connectivity index (χ2v) is 7.20. The van der Waals surface area contributed by atoms with Crippen LogP contribution in [0.1, 0.15) is 5.56 Å². The van der Waals surface area contributed by atoms with Gasteiger partial charge in [-0.3, -0.25) is 4.79 Å². The molecule has 0 saturated heterocycles. The number of carbonyl (C=O) groups is 1. The number of carbonyl (C=O) groups excluding carboxylic acids is 1. The number of para-hydroxylation sites is 1. The third-order valence-electron chi connectivity index (χ3n) is 3.37. The summed E-state index contributed by atoms with van der Waals surface area (Å²) >= 11 is 13.1. The molecule has 28 heavy (non-hydrogen) atoms. The maximum absolute atomic E-state index is 12.1. The summed E-state index contributed by atoms with van der Waals surface area (Å²) in [4.78, 5) is 12.1. The van der Waals surface area contributed by atoms with Crippen LogP contribution in [0.25, 0.3) is 0 Å². The molecule has 0 aliphatic carbocycles. The molecule has 2 aromatic carbocycles. The van der Waals surface area contributed by atoms with E-state index in [0.717, 1.165) is 17.3 Å². The molecular formula is C17H15Cl2N7OS. The largest absolute Gasteiger partial charge is 0.334 e. The molecule has 4 N–H and O–H groups in total. The molecule has 1 aromatic heterocycles. The quantitative estimate of drug-likeness (QED) is 0.226. The number of halogens is 2. The van der Waals surface area contributed by atoms with E-state index >= 15 is 0 Å². The molecule has 0 radical (unpaired) electrons. The maximum Gasteiger partial charge on any atom is 0.264 e. The van der Waals surface area contributed by atoms with Crippen LogP contribution in [-0.2, 0) is 4.79 Å². The fourth-order valence-corrected chi connectivity index (χ4v) is 3.12. The Morgan fingerprint density at radius 3 is 2.82 bits per heavy atom. The summed E-state index contributed by atoms with van der Waals surface area (Å²) in [6.07, 6.45) is 1.57. The predicted octanol–water partition coefficient (Wildman–Crippen LogP) is 3.48. The molecule has 0 spiro atoms. The van der Waals surface area contributed by atoms with E-state index in [1.807, 2.05) is 12.1 Å². The van der Waals surface area contributed by atoms with Crippen molar-refractivity contribution in [2.75, 3.05) is 22.3 Å². The van der Waals surface area contributed by atoms with Crippen LogP contribution in [0.3, 0.4) is 0 Å². The Morgan fingerprint density at radius 1 is 1.21 bits per heavy atom. The van der Waals surface area contributed by atoms with Crippen molar-refractivity contribution in [2.45, 2.75) is 5.16 Å². The van der Waals surface area contributed by atoms with E-state index < -0.39 is 0 Å². The van der Waals surface area contributed by atoms with Crippen LogP contribution in [-0.4, -0.2) is 32.7 Å². The van der Waals surface area contributed by atoms with Gasteiger partial charge in [0.25, 0.3) is 5.95 Å². The fourth-order valence-electron chi connectivity index (χ4n) is 2.08. The van der Waals surface area contributed by atoms with Crippen molar-refractivity contribution >= 4 is 58.7 Å². The van der Waals surface area contributed by atoms with Crippen molar-refractivity contribution in [3.8, 4) is 0 Å². The number of nitrogens with two attached hydrogens (primary N) is 1. The van der Waals surface area contributed by atoms with Crippen molar-refractivity contribution in [3.63, 3.8) is 0 Å². The van der Waals surface area contributed by atoms with Gasteiger partial charge in [-0.05, 0) is 29.8 Å². The van der Waals surface area contributed by atoms with Gasteiger partial charge in [0, 0.05) is 5.02 Å². The molecule has 0 atom stereocenters. The number of nitrogens with zero attached hydrogens (tertiary/aromatic N) is 4. The summed E-state index contributed by atoms with van der Waals surface area (Å²) in [7, 11) is 0. The minimum Gasteiger partial charge on any atom is -0.334 e. The first-order valence-electron chi connectivity index (χ1n) is 7.95. The standard InChI is InChI=1S/C17H15Cl2N7OS/c18-12-5-3-4-11(8-12)9-21-23-16-24-25-17(26(16)20)28-10-15(27)22-14-7-2-1-6-13(14)19/h1-9H,10,20H2,(H,22,27)(H,23,24)/b21-9+. The molecule has 8 nitrogen and oxygen atoms in total. The zero-order valence-electron chi connectivity index (χ0n) is 14.3. The second kappa shape index (κ2) is 9.45. The highest BCUT2D eigenvalue weighted by molar-refractivity contribution is 7.99. The van der Waals surface area contributed by atoms with Gasteiger partial charge in [-0.15, -0.1) is 10.2 Å². The van der Waals surface area contributed by atoms with Crippen LogP contribution in [0, 0.1) is 0 Å². The Balaban J connectivity index is 1.54. The van der Waals surface area contributed by atoms with Gasteiger partial charge in [-0.2, -0.15) is 5.10 Å². The molecule has 0 aliphatic heterocycles. The summed E-state index contributed by atoms with van der Waals surface area (Å²) in [5.74, 6) is 6.01. The minimum absolute atomic E-state index is 0.0896. The molecule has 3 aromatic rings. The Labute approximate surface area is 175 Å². The zero-order valence-corrected chi connectivity index (χ0v) is 16.7. The van der Waals surface area contributed by atoms with Crippen LogP contribution in [0.15, 0.2) is 58.8 Å². The number of nitrogen functional groups attached to an aromatic ring is 1. The normalized spacial score (nSPS) is 10.9. The zero-order chi connectivity index (χ0) is 19.9. The lowest BCUT2D eigenvalue weighted by Crippen LogP contribution is -2.17. The topological polar surface area (TPSA) is 110 Å². The Hall–Kier alpha value is -2.75. The van der Waals surface area contributed by atoms with Gasteiger partial charge in [-0.1, -0.05) is 59.2 Å². The summed E-state index contributed by atoms with van der Waals surface area (Å²) in [6, 6.07) is 14.2. The van der Waals surface area contributed by atoms with Gasteiger partial charge in [-0.25, -0.2) is 10.1 Å². The van der Waals surface area contributed by atoms with Crippen molar-refractivity contribution in [2.24, 2.45) is 5.10 Å². The smallest absolute Gasteiger partial charge is 0.264 e. The number of hydrogen-bond acceptors (Lipinski definition) is 7. The van der Waals surface area contributed by atoms with Gasteiger partial charge in [0.15, 0.2) is 0 Å². The van der Waals surface area contributed by atoms with E-state index in [-0.39, 0.29) is 17.6 Å². The molecule has 0 fully saturated rings. The number of anilines is 2. The lowest BCUT2D eigenvalue weighted by molar-refractivity contribution is -0.113. The monoisotopic (exact) mass is 435 g/mol. The number of benzene rings is 2. The Morgan fingerprint density at radius 2 is 2.04 bits per heavy atom. The minimum atomic E-state index is -0.241. The fraction of sp³-hybridized carbons (Fsp3) is 0.0588. The molecule has 144 valence electrons. The highest BCUT2D eigenvalue weighted by atomic mass is 35.5. The van der Waals surface area contributed by atoms with E-state index in [4.69, 9.17) is 29.0 Å². The molecule has 0 saturated carbocycles. The first-order chi connectivity index (χ1) is 13.5. The number of thioether (sulfide) groups is 1. The van der Waals surface area contributed by atoms with Gasteiger partial charge in [0.2, 0.25) is 11.1 Å². The van der Waals surface area contributed by atoms with Gasteiger partial charge >= 0.3 is 0 Å². The van der Waals surface area contributed by atoms with E-state index in [2.05, 4.69) is 26.0 Å². The van der Waals surface area contributed by atoms with Crippen molar-refractivity contribution in [1.82, 2.24) is 14.9 Å². The maximum atomic E-state index is 12.1. The number of amides is 1. The molecular weight excluding hydrogens is 421 g/mol. The molecule has 1 heterocycles. The number of hydrogen-bond donors (Lipinski definition) is 3. The Bertz CT molecular complexity index is 1010. The van der Waals surface area contributed by atoms with Gasteiger partial charge in [0.05, 0.1) is 22.7 Å². The third kappa shape index (κ3) is 5.38. The first-order valence-corrected chi connectivity index (χ1v) is 9.69. The highest BCUT2D eigenvalue weighted by Crippen LogP contribution is 2.22. The van der Waals surface area contributed by atoms with E-state index in [0.29, 0.717) is 20.9 Å². The molecule has 0 unspecified atom stereocenters. The molecule has 0 aliphatic rings. The second-order valence-electron chi connectivity index (χ2n) is 5.42. The van der Waals surface area contributed by atoms with E-state index in [1.165, 1.54) is 4.68 Å². The number of rotatable bonds is 7. The summed E-state index contributed by atoms with van der Waals surface area (Å²) in [6.45, 7) is 0. The van der Waals surface area contributed by atoms with Crippen molar-refractivity contribution < 1.29 is 4.79 Å². The molecule has 3 rings (SSSR count). The summed E-state index contributed by atoms with van der Waals surface area (Å²) in [5, 5.41) is 16.0.